The van der Waals surface area contributed by atoms with Crippen LogP contribution in [0.5, 0.6) is 5.75 Å². The largest absolute Gasteiger partial charge is 0.508 e. The lowest BCUT2D eigenvalue weighted by Gasteiger charge is -2.42. The molecule has 1 N–H and O–H groups in total. The second-order valence-corrected chi connectivity index (χ2v) is 5.42. The molecule has 1 aromatic carbocycles. The number of phenols is 1. The lowest BCUT2D eigenvalue weighted by Crippen LogP contribution is -2.51. The molecule has 0 amide bonds. The van der Waals surface area contributed by atoms with Gasteiger partial charge in [0, 0.05) is 43.3 Å². The predicted octanol–water partition coefficient (Wildman–Crippen LogP) is 2.62. The van der Waals surface area contributed by atoms with Crippen LogP contribution in [0.2, 0.25) is 0 Å². The number of nitrogens with zero attached hydrogens (tertiary/aromatic N) is 2. The van der Waals surface area contributed by atoms with Crippen molar-refractivity contribution < 1.29 is 9.50 Å². The number of halogens is 1. The van der Waals surface area contributed by atoms with E-state index in [1.54, 1.807) is 12.1 Å². The van der Waals surface area contributed by atoms with Gasteiger partial charge in [0.05, 0.1) is 0 Å². The molecule has 2 rings (SSSR count). The minimum atomic E-state index is -0.320. The normalized spacial score (nSPS) is 23.5. The van der Waals surface area contributed by atoms with Crippen molar-refractivity contribution in [2.45, 2.75) is 32.4 Å². The van der Waals surface area contributed by atoms with Crippen LogP contribution < -0.4 is 0 Å². The average Bonchev–Trinajstić information content (AvgIpc) is 2.38. The maximum Gasteiger partial charge on any atom is 0.131 e. The lowest BCUT2D eigenvalue weighted by molar-refractivity contribution is 0.0664. The minimum absolute atomic E-state index is 0.0155. The molecule has 1 heterocycles. The van der Waals surface area contributed by atoms with Gasteiger partial charge in [0.25, 0.3) is 0 Å². The van der Waals surface area contributed by atoms with Gasteiger partial charge in [0.15, 0.2) is 0 Å². The maximum absolute atomic E-state index is 13.9. The van der Waals surface area contributed by atoms with Gasteiger partial charge in [-0.25, -0.2) is 4.39 Å². The van der Waals surface area contributed by atoms with Crippen LogP contribution in [0.15, 0.2) is 18.2 Å². The van der Waals surface area contributed by atoms with Crippen molar-refractivity contribution in [2.24, 2.45) is 0 Å². The summed E-state index contributed by atoms with van der Waals surface area (Å²) in [5.74, 6) is -0.335. The van der Waals surface area contributed by atoms with Gasteiger partial charge in [0.2, 0.25) is 0 Å². The van der Waals surface area contributed by atoms with E-state index in [0.29, 0.717) is 11.6 Å². The summed E-state index contributed by atoms with van der Waals surface area (Å²) < 4.78 is 13.9. The van der Waals surface area contributed by atoms with Gasteiger partial charge in [-0.3, -0.25) is 4.90 Å². The first-order valence-corrected chi connectivity index (χ1v) is 6.95. The number of rotatable bonds is 3. The summed E-state index contributed by atoms with van der Waals surface area (Å²) in [6.45, 7) is 7.16. The highest BCUT2D eigenvalue weighted by Gasteiger charge is 2.27. The number of likely N-dealkylation sites (N-methyl/N-ethyl adjacent to an activating group) is 1. The Balaban J connectivity index is 2.13. The van der Waals surface area contributed by atoms with E-state index in [0.717, 1.165) is 26.1 Å². The Bertz CT molecular complexity index is 438. The molecule has 19 heavy (non-hydrogen) atoms. The van der Waals surface area contributed by atoms with Crippen molar-refractivity contribution in [3.8, 4) is 5.75 Å². The Hall–Kier alpha value is -1.13. The smallest absolute Gasteiger partial charge is 0.131 e. The topological polar surface area (TPSA) is 26.7 Å². The molecule has 2 unspecified atom stereocenters. The number of hydrogen-bond acceptors (Lipinski definition) is 3. The van der Waals surface area contributed by atoms with Crippen molar-refractivity contribution in [1.29, 1.82) is 0 Å². The number of piperazine rings is 1. The van der Waals surface area contributed by atoms with Gasteiger partial charge in [-0.05, 0) is 26.5 Å². The average molecular weight is 266 g/mol. The van der Waals surface area contributed by atoms with E-state index in [1.165, 1.54) is 6.07 Å². The molecule has 0 aliphatic carbocycles. The Morgan fingerprint density at radius 1 is 1.42 bits per heavy atom. The van der Waals surface area contributed by atoms with Crippen LogP contribution >= 0.6 is 0 Å². The van der Waals surface area contributed by atoms with Crippen LogP contribution in [0.25, 0.3) is 0 Å². The highest BCUT2D eigenvalue weighted by Crippen LogP contribution is 2.27. The SMILES string of the molecule is CCC1CN(C(C)c2ccc(O)cc2F)CCN1C. The van der Waals surface area contributed by atoms with Gasteiger partial charge < -0.3 is 10.0 Å². The van der Waals surface area contributed by atoms with Crippen LogP contribution in [0.1, 0.15) is 31.9 Å². The molecule has 0 bridgehead atoms. The molecule has 1 aliphatic heterocycles. The van der Waals surface area contributed by atoms with Crippen molar-refractivity contribution >= 4 is 0 Å². The molecule has 1 aromatic rings. The van der Waals surface area contributed by atoms with Gasteiger partial charge in [-0.15, -0.1) is 0 Å². The van der Waals surface area contributed by atoms with E-state index in [1.807, 2.05) is 6.92 Å². The Morgan fingerprint density at radius 2 is 2.16 bits per heavy atom. The van der Waals surface area contributed by atoms with Crippen LogP contribution in [0, 0.1) is 5.82 Å². The third-order valence-electron chi connectivity index (χ3n) is 4.26. The Kier molecular flexibility index (Phi) is 4.42. The van der Waals surface area contributed by atoms with Crippen molar-refractivity contribution in [3.63, 3.8) is 0 Å². The van der Waals surface area contributed by atoms with E-state index in [-0.39, 0.29) is 17.6 Å². The molecule has 106 valence electrons. The van der Waals surface area contributed by atoms with Gasteiger partial charge in [-0.2, -0.15) is 0 Å². The zero-order valence-corrected chi connectivity index (χ0v) is 11.9. The van der Waals surface area contributed by atoms with Crippen LogP contribution in [0.4, 0.5) is 4.39 Å². The summed E-state index contributed by atoms with van der Waals surface area (Å²) >= 11 is 0. The summed E-state index contributed by atoms with van der Waals surface area (Å²) in [5.41, 5.74) is 0.664. The van der Waals surface area contributed by atoms with Crippen LogP contribution in [-0.4, -0.2) is 47.6 Å². The molecule has 2 atom stereocenters. The number of hydrogen-bond donors (Lipinski definition) is 1. The second kappa shape index (κ2) is 5.88. The van der Waals surface area contributed by atoms with E-state index in [4.69, 9.17) is 0 Å². The molecular formula is C15H23FN2O. The molecule has 1 aliphatic rings. The molecule has 0 spiro atoms. The zero-order valence-electron chi connectivity index (χ0n) is 11.9. The third-order valence-corrected chi connectivity index (χ3v) is 4.26. The quantitative estimate of drug-likeness (QED) is 0.911. The second-order valence-electron chi connectivity index (χ2n) is 5.42. The molecule has 1 fully saturated rings. The van der Waals surface area contributed by atoms with Gasteiger partial charge in [0.1, 0.15) is 11.6 Å². The highest BCUT2D eigenvalue weighted by molar-refractivity contribution is 5.29. The number of benzene rings is 1. The van der Waals surface area contributed by atoms with E-state index >= 15 is 0 Å². The monoisotopic (exact) mass is 266 g/mol. The van der Waals surface area contributed by atoms with Crippen molar-refractivity contribution in [2.75, 3.05) is 26.7 Å². The summed E-state index contributed by atoms with van der Waals surface area (Å²) in [6, 6.07) is 5.02. The minimum Gasteiger partial charge on any atom is -0.508 e. The van der Waals surface area contributed by atoms with Crippen LogP contribution in [-0.2, 0) is 0 Å². The molecule has 3 nitrogen and oxygen atoms in total. The number of aromatic hydroxyl groups is 1. The van der Waals surface area contributed by atoms with E-state index in [9.17, 15) is 9.50 Å². The standard InChI is InChI=1S/C15H23FN2O/c1-4-12-10-18(8-7-17(12)3)11(2)14-6-5-13(19)9-15(14)16/h5-6,9,11-12,19H,4,7-8,10H2,1-3H3. The van der Waals surface area contributed by atoms with E-state index in [2.05, 4.69) is 23.8 Å². The summed E-state index contributed by atoms with van der Waals surface area (Å²) in [5, 5.41) is 9.28. The predicted molar refractivity (Wildman–Crippen MR) is 74.8 cm³/mol. The zero-order chi connectivity index (χ0) is 14.0. The fraction of sp³-hybridized carbons (Fsp3) is 0.600. The summed E-state index contributed by atoms with van der Waals surface area (Å²) in [7, 11) is 2.15. The molecule has 4 heteroatoms. The molecule has 0 radical (unpaired) electrons. The first kappa shape index (κ1) is 14.3. The molecule has 0 aromatic heterocycles. The Morgan fingerprint density at radius 3 is 2.79 bits per heavy atom. The van der Waals surface area contributed by atoms with Crippen molar-refractivity contribution in [1.82, 2.24) is 9.80 Å². The third kappa shape index (κ3) is 3.07. The van der Waals surface area contributed by atoms with Gasteiger partial charge >= 0.3 is 0 Å². The first-order valence-electron chi connectivity index (χ1n) is 6.95. The first-order chi connectivity index (χ1) is 9.02. The number of phenolic OH excluding ortho intramolecular Hbond substituents is 1. The molecule has 0 saturated carbocycles. The lowest BCUT2D eigenvalue weighted by atomic mass is 10.0. The van der Waals surface area contributed by atoms with E-state index < -0.39 is 0 Å². The van der Waals surface area contributed by atoms with Crippen molar-refractivity contribution in [3.05, 3.63) is 29.6 Å². The highest BCUT2D eigenvalue weighted by atomic mass is 19.1. The summed E-state index contributed by atoms with van der Waals surface area (Å²) in [6.07, 6.45) is 1.11. The fourth-order valence-corrected chi connectivity index (χ4v) is 2.81. The molecule has 1 saturated heterocycles. The van der Waals surface area contributed by atoms with Gasteiger partial charge in [-0.1, -0.05) is 13.0 Å². The Labute approximate surface area is 114 Å². The van der Waals surface area contributed by atoms with Crippen LogP contribution in [0.3, 0.4) is 0 Å². The molecular weight excluding hydrogens is 243 g/mol. The maximum atomic E-state index is 13.9. The summed E-state index contributed by atoms with van der Waals surface area (Å²) in [4.78, 5) is 4.69. The fourth-order valence-electron chi connectivity index (χ4n) is 2.81.